The van der Waals surface area contributed by atoms with E-state index in [4.69, 9.17) is 4.74 Å². The number of methoxy groups -OCH3 is 1. The average Bonchev–Trinajstić information content (AvgIpc) is 3.23. The van der Waals surface area contributed by atoms with Crippen molar-refractivity contribution >= 4 is 28.1 Å². The molecule has 1 aromatic heterocycles. The second-order valence-corrected chi connectivity index (χ2v) is 9.44. The molecule has 1 aromatic carbocycles. The summed E-state index contributed by atoms with van der Waals surface area (Å²) in [6.07, 6.45) is 8.71. The SMILES string of the molecule is COc1ccc(N2CCCN(C(C)C(=O)N(c3nccs3)C3CCCCC3)CC2)cc1. The van der Waals surface area contributed by atoms with Crippen LogP contribution in [0.1, 0.15) is 45.4 Å². The van der Waals surface area contributed by atoms with Crippen LogP contribution in [0, 0.1) is 0 Å². The Kier molecular flexibility index (Phi) is 7.45. The van der Waals surface area contributed by atoms with Gasteiger partial charge in [-0.05, 0) is 50.5 Å². The first-order chi connectivity index (χ1) is 15.2. The zero-order valence-corrected chi connectivity index (χ0v) is 19.5. The maximum absolute atomic E-state index is 13.7. The molecule has 0 N–H and O–H groups in total. The molecule has 2 fully saturated rings. The van der Waals surface area contributed by atoms with E-state index in [0.717, 1.165) is 56.3 Å². The molecule has 1 aliphatic carbocycles. The van der Waals surface area contributed by atoms with Gasteiger partial charge < -0.3 is 9.64 Å². The third kappa shape index (κ3) is 5.21. The largest absolute Gasteiger partial charge is 0.497 e. The first kappa shape index (κ1) is 22.1. The molecule has 1 saturated heterocycles. The van der Waals surface area contributed by atoms with Crippen LogP contribution < -0.4 is 14.5 Å². The highest BCUT2D eigenvalue weighted by atomic mass is 32.1. The number of ether oxygens (including phenoxy) is 1. The molecule has 1 amide bonds. The Morgan fingerprint density at radius 1 is 1.10 bits per heavy atom. The molecule has 168 valence electrons. The fourth-order valence-electron chi connectivity index (χ4n) is 4.84. The highest BCUT2D eigenvalue weighted by Gasteiger charge is 2.34. The minimum atomic E-state index is -0.137. The van der Waals surface area contributed by atoms with Crippen molar-refractivity contribution in [3.63, 3.8) is 0 Å². The predicted octanol–water partition coefficient (Wildman–Crippen LogP) is 4.42. The van der Waals surface area contributed by atoms with Gasteiger partial charge in [0.05, 0.1) is 13.2 Å². The lowest BCUT2D eigenvalue weighted by Crippen LogP contribution is -2.52. The predicted molar refractivity (Wildman–Crippen MR) is 127 cm³/mol. The Morgan fingerprint density at radius 3 is 2.55 bits per heavy atom. The van der Waals surface area contributed by atoms with Gasteiger partial charge in [0.1, 0.15) is 5.75 Å². The van der Waals surface area contributed by atoms with Gasteiger partial charge >= 0.3 is 0 Å². The van der Waals surface area contributed by atoms with Crippen LogP contribution in [0.4, 0.5) is 10.8 Å². The molecule has 1 aliphatic heterocycles. The second kappa shape index (κ2) is 10.5. The summed E-state index contributed by atoms with van der Waals surface area (Å²) in [7, 11) is 1.69. The standard InChI is InChI=1S/C24H34N4O2S/c1-19(23(29)28(24-25-13-18-31-24)21-7-4-3-5-8-21)26-14-6-15-27(17-16-26)20-9-11-22(30-2)12-10-20/h9-13,18-19,21H,3-8,14-17H2,1-2H3. The summed E-state index contributed by atoms with van der Waals surface area (Å²) in [6, 6.07) is 8.42. The maximum atomic E-state index is 13.7. The number of aromatic nitrogens is 1. The van der Waals surface area contributed by atoms with Gasteiger partial charge in [-0.2, -0.15) is 0 Å². The van der Waals surface area contributed by atoms with Gasteiger partial charge in [0, 0.05) is 49.5 Å². The van der Waals surface area contributed by atoms with Gasteiger partial charge in [-0.1, -0.05) is 19.3 Å². The number of hydrogen-bond acceptors (Lipinski definition) is 6. The molecule has 1 saturated carbocycles. The molecule has 0 spiro atoms. The molecule has 2 aromatic rings. The van der Waals surface area contributed by atoms with E-state index in [9.17, 15) is 4.79 Å². The molecule has 0 radical (unpaired) electrons. The molecule has 1 atom stereocenters. The molecular formula is C24H34N4O2S. The summed E-state index contributed by atoms with van der Waals surface area (Å²) in [5, 5.41) is 2.83. The number of benzene rings is 1. The van der Waals surface area contributed by atoms with Gasteiger partial charge in [-0.3, -0.25) is 14.6 Å². The second-order valence-electron chi connectivity index (χ2n) is 8.57. The van der Waals surface area contributed by atoms with Crippen molar-refractivity contribution in [1.29, 1.82) is 0 Å². The van der Waals surface area contributed by atoms with Crippen molar-refractivity contribution in [1.82, 2.24) is 9.88 Å². The molecule has 31 heavy (non-hydrogen) atoms. The first-order valence-electron chi connectivity index (χ1n) is 11.5. The van der Waals surface area contributed by atoms with Crippen molar-refractivity contribution in [2.45, 2.75) is 57.5 Å². The molecular weight excluding hydrogens is 408 g/mol. The number of carbonyl (C=O) groups is 1. The van der Waals surface area contributed by atoms with Crippen molar-refractivity contribution in [3.8, 4) is 5.75 Å². The summed E-state index contributed by atoms with van der Waals surface area (Å²) >= 11 is 1.58. The zero-order valence-electron chi connectivity index (χ0n) is 18.7. The minimum Gasteiger partial charge on any atom is -0.497 e. The lowest BCUT2D eigenvalue weighted by atomic mass is 9.94. The fourth-order valence-corrected chi connectivity index (χ4v) is 5.56. The Bertz CT molecular complexity index is 821. The lowest BCUT2D eigenvalue weighted by Gasteiger charge is -2.37. The maximum Gasteiger partial charge on any atom is 0.246 e. The van der Waals surface area contributed by atoms with E-state index in [0.29, 0.717) is 0 Å². The molecule has 1 unspecified atom stereocenters. The summed E-state index contributed by atoms with van der Waals surface area (Å²) in [6.45, 7) is 5.83. The van der Waals surface area contributed by atoms with Crippen molar-refractivity contribution < 1.29 is 9.53 Å². The number of amides is 1. The molecule has 0 bridgehead atoms. The topological polar surface area (TPSA) is 48.9 Å². The van der Waals surface area contributed by atoms with E-state index in [1.54, 1.807) is 18.4 Å². The van der Waals surface area contributed by atoms with Crippen LogP contribution in [0.15, 0.2) is 35.8 Å². The molecule has 6 nitrogen and oxygen atoms in total. The lowest BCUT2D eigenvalue weighted by molar-refractivity contribution is -0.123. The van der Waals surface area contributed by atoms with Crippen molar-refractivity contribution in [3.05, 3.63) is 35.8 Å². The van der Waals surface area contributed by atoms with E-state index in [1.165, 1.54) is 24.9 Å². The van der Waals surface area contributed by atoms with Crippen LogP contribution in [0.2, 0.25) is 0 Å². The van der Waals surface area contributed by atoms with Crippen LogP contribution in [0.5, 0.6) is 5.75 Å². The highest BCUT2D eigenvalue weighted by Crippen LogP contribution is 2.30. The van der Waals surface area contributed by atoms with Crippen LogP contribution in [0.3, 0.4) is 0 Å². The summed E-state index contributed by atoms with van der Waals surface area (Å²) in [4.78, 5) is 25.0. The van der Waals surface area contributed by atoms with Gasteiger partial charge in [-0.15, -0.1) is 11.3 Å². The normalized spacial score (nSPS) is 19.6. The Balaban J connectivity index is 1.43. The Hall–Kier alpha value is -2.12. The fraction of sp³-hybridized carbons (Fsp3) is 0.583. The zero-order chi connectivity index (χ0) is 21.6. The number of anilines is 2. The summed E-state index contributed by atoms with van der Waals surface area (Å²) in [5.41, 5.74) is 1.22. The van der Waals surface area contributed by atoms with E-state index in [-0.39, 0.29) is 18.0 Å². The van der Waals surface area contributed by atoms with Gasteiger partial charge in [-0.25, -0.2) is 4.98 Å². The Morgan fingerprint density at radius 2 is 1.87 bits per heavy atom. The van der Waals surface area contributed by atoms with E-state index in [1.807, 2.05) is 28.6 Å². The minimum absolute atomic E-state index is 0.137. The van der Waals surface area contributed by atoms with E-state index in [2.05, 4.69) is 33.8 Å². The number of nitrogens with zero attached hydrogens (tertiary/aromatic N) is 4. The number of thiazole rings is 1. The van der Waals surface area contributed by atoms with Gasteiger partial charge in [0.25, 0.3) is 0 Å². The third-order valence-electron chi connectivity index (χ3n) is 6.68. The van der Waals surface area contributed by atoms with E-state index < -0.39 is 0 Å². The van der Waals surface area contributed by atoms with Crippen LogP contribution >= 0.6 is 11.3 Å². The highest BCUT2D eigenvalue weighted by molar-refractivity contribution is 7.13. The number of rotatable bonds is 6. The smallest absolute Gasteiger partial charge is 0.246 e. The molecule has 4 rings (SSSR count). The van der Waals surface area contributed by atoms with Gasteiger partial charge in [0.2, 0.25) is 5.91 Å². The molecule has 7 heteroatoms. The van der Waals surface area contributed by atoms with Crippen LogP contribution in [0.25, 0.3) is 0 Å². The first-order valence-corrected chi connectivity index (χ1v) is 12.4. The monoisotopic (exact) mass is 442 g/mol. The van der Waals surface area contributed by atoms with Crippen LogP contribution in [-0.2, 0) is 4.79 Å². The number of hydrogen-bond donors (Lipinski definition) is 0. The molecule has 2 aliphatic rings. The summed E-state index contributed by atoms with van der Waals surface area (Å²) < 4.78 is 5.29. The van der Waals surface area contributed by atoms with Crippen LogP contribution in [-0.4, -0.2) is 61.2 Å². The molecule has 2 heterocycles. The quantitative estimate of drug-likeness (QED) is 0.663. The summed E-state index contributed by atoms with van der Waals surface area (Å²) in [5.74, 6) is 1.09. The van der Waals surface area contributed by atoms with E-state index >= 15 is 0 Å². The van der Waals surface area contributed by atoms with Crippen molar-refractivity contribution in [2.75, 3.05) is 43.1 Å². The van der Waals surface area contributed by atoms with Crippen molar-refractivity contribution in [2.24, 2.45) is 0 Å². The Labute approximate surface area is 189 Å². The average molecular weight is 443 g/mol. The van der Waals surface area contributed by atoms with Gasteiger partial charge in [0.15, 0.2) is 5.13 Å². The third-order valence-corrected chi connectivity index (χ3v) is 7.45. The number of carbonyl (C=O) groups excluding carboxylic acids is 1.